The maximum absolute atomic E-state index is 14.0. The van der Waals surface area contributed by atoms with Gasteiger partial charge in [0.2, 0.25) is 0 Å². The number of benzene rings is 4. The molecule has 9 nitrogen and oxygen atoms in total. The second-order valence-corrected chi connectivity index (χ2v) is 10.9. The molecule has 44 heavy (non-hydrogen) atoms. The number of ether oxygens (including phenoxy) is 2. The van der Waals surface area contributed by atoms with E-state index in [1.165, 1.54) is 6.07 Å². The second kappa shape index (κ2) is 12.7. The van der Waals surface area contributed by atoms with E-state index in [0.717, 1.165) is 5.06 Å². The van der Waals surface area contributed by atoms with Gasteiger partial charge in [0, 0.05) is 16.8 Å². The smallest absolute Gasteiger partial charge is 0.343 e. The Morgan fingerprint density at radius 1 is 0.773 bits per heavy atom. The Labute approximate surface area is 254 Å². The third kappa shape index (κ3) is 6.68. The number of hydrogen-bond donors (Lipinski definition) is 1. The highest BCUT2D eigenvalue weighted by Crippen LogP contribution is 2.43. The Kier molecular flexibility index (Phi) is 8.57. The van der Waals surface area contributed by atoms with Crippen LogP contribution >= 0.6 is 0 Å². The maximum Gasteiger partial charge on any atom is 0.343 e. The van der Waals surface area contributed by atoms with Gasteiger partial charge in [-0.1, -0.05) is 66.7 Å². The Hall–Kier alpha value is -5.70. The van der Waals surface area contributed by atoms with Gasteiger partial charge >= 0.3 is 11.9 Å². The molecular weight excluding hydrogens is 560 g/mol. The number of nitrogens with zero attached hydrogens (tertiary/aromatic N) is 1. The standard InChI is InChI=1S/C35H30N2O7/c1-35(2,3)34(41)44-37-28-21-25(36-29(38)22-42-26-17-11-6-12-18-26)19-20-27(28)30(32(37)39)31(23-13-7-4-8-14-23)43-33(40)24-15-9-5-10-16-24/h4-21H,22H2,1-3H3,(H,36,38)/b31-30-. The Balaban J connectivity index is 1.55. The molecule has 1 heterocycles. The molecule has 1 aliphatic heterocycles. The minimum Gasteiger partial charge on any atom is -0.484 e. The summed E-state index contributed by atoms with van der Waals surface area (Å²) in [6, 6.07) is 30.7. The molecule has 0 unspecified atom stereocenters. The molecule has 4 aromatic carbocycles. The molecule has 0 aliphatic carbocycles. The summed E-state index contributed by atoms with van der Waals surface area (Å²) in [5.41, 5.74) is 0.699. The van der Waals surface area contributed by atoms with Gasteiger partial charge in [0.1, 0.15) is 5.75 Å². The van der Waals surface area contributed by atoms with Crippen LogP contribution in [0.1, 0.15) is 42.3 Å². The summed E-state index contributed by atoms with van der Waals surface area (Å²) in [6.45, 7) is 4.73. The molecule has 4 aromatic rings. The van der Waals surface area contributed by atoms with Crippen LogP contribution in [-0.4, -0.2) is 30.4 Å². The van der Waals surface area contributed by atoms with Crippen LogP contribution in [-0.2, 0) is 24.0 Å². The maximum atomic E-state index is 14.0. The fourth-order valence-electron chi connectivity index (χ4n) is 4.28. The largest absolute Gasteiger partial charge is 0.484 e. The van der Waals surface area contributed by atoms with Crippen molar-refractivity contribution in [3.05, 3.63) is 126 Å². The van der Waals surface area contributed by atoms with Crippen molar-refractivity contribution < 1.29 is 33.5 Å². The van der Waals surface area contributed by atoms with Crippen LogP contribution in [0.3, 0.4) is 0 Å². The quantitative estimate of drug-likeness (QED) is 0.146. The molecule has 5 rings (SSSR count). The highest BCUT2D eigenvalue weighted by atomic mass is 16.7. The summed E-state index contributed by atoms with van der Waals surface area (Å²) in [5.74, 6) is -1.95. The van der Waals surface area contributed by atoms with Crippen LogP contribution < -0.4 is 15.1 Å². The first-order chi connectivity index (χ1) is 21.1. The summed E-state index contributed by atoms with van der Waals surface area (Å²) in [5, 5.41) is 3.62. The third-order valence-corrected chi connectivity index (χ3v) is 6.53. The van der Waals surface area contributed by atoms with Crippen molar-refractivity contribution in [1.29, 1.82) is 0 Å². The summed E-state index contributed by atoms with van der Waals surface area (Å²) >= 11 is 0. The van der Waals surface area contributed by atoms with E-state index in [9.17, 15) is 19.2 Å². The SMILES string of the molecule is CC(C)(C)C(=O)ON1C(=O)/C(=C(\OC(=O)c2ccccc2)c2ccccc2)c2ccc(NC(=O)COc3ccccc3)cc21. The normalized spacial score (nSPS) is 13.5. The van der Waals surface area contributed by atoms with Gasteiger partial charge < -0.3 is 19.6 Å². The number of hydrogen-bond acceptors (Lipinski definition) is 7. The predicted octanol–water partition coefficient (Wildman–Crippen LogP) is 6.28. The molecule has 9 heteroatoms. The lowest BCUT2D eigenvalue weighted by atomic mass is 9.98. The fourth-order valence-corrected chi connectivity index (χ4v) is 4.28. The molecule has 1 aliphatic rings. The summed E-state index contributed by atoms with van der Waals surface area (Å²) in [7, 11) is 0. The number of carbonyl (C=O) groups excluding carboxylic acids is 4. The lowest BCUT2D eigenvalue weighted by Gasteiger charge is -2.22. The molecular formula is C35H30N2O7. The highest BCUT2D eigenvalue weighted by Gasteiger charge is 2.41. The lowest BCUT2D eigenvalue weighted by molar-refractivity contribution is -0.157. The first-order valence-corrected chi connectivity index (χ1v) is 13.9. The minimum absolute atomic E-state index is 0.00643. The zero-order valence-electron chi connectivity index (χ0n) is 24.4. The average Bonchev–Trinajstić information content (AvgIpc) is 3.29. The van der Waals surface area contributed by atoms with E-state index in [1.54, 1.807) is 118 Å². The molecule has 0 aromatic heterocycles. The van der Waals surface area contributed by atoms with Crippen molar-refractivity contribution >= 4 is 46.5 Å². The summed E-state index contributed by atoms with van der Waals surface area (Å²) < 4.78 is 11.4. The van der Waals surface area contributed by atoms with Crippen molar-refractivity contribution in [2.75, 3.05) is 17.0 Å². The Bertz CT molecular complexity index is 1730. The van der Waals surface area contributed by atoms with Gasteiger partial charge in [-0.2, -0.15) is 0 Å². The Morgan fingerprint density at radius 2 is 1.36 bits per heavy atom. The molecule has 0 atom stereocenters. The number of carbonyl (C=O) groups is 4. The number of amides is 2. The number of esters is 1. The van der Waals surface area contributed by atoms with E-state index in [4.69, 9.17) is 14.3 Å². The van der Waals surface area contributed by atoms with E-state index in [1.807, 2.05) is 6.07 Å². The first kappa shape index (κ1) is 29.8. The highest BCUT2D eigenvalue weighted by molar-refractivity contribution is 6.37. The van der Waals surface area contributed by atoms with Crippen molar-refractivity contribution in [2.24, 2.45) is 5.41 Å². The molecule has 0 spiro atoms. The fraction of sp³-hybridized carbons (Fsp3) is 0.143. The van der Waals surface area contributed by atoms with Crippen molar-refractivity contribution in [3.63, 3.8) is 0 Å². The van der Waals surface area contributed by atoms with E-state index >= 15 is 0 Å². The summed E-state index contributed by atoms with van der Waals surface area (Å²) in [6.07, 6.45) is 0. The van der Waals surface area contributed by atoms with Gasteiger partial charge in [0.25, 0.3) is 11.8 Å². The molecule has 0 fully saturated rings. The van der Waals surface area contributed by atoms with Crippen molar-refractivity contribution in [2.45, 2.75) is 20.8 Å². The van der Waals surface area contributed by atoms with Crippen LogP contribution in [0.5, 0.6) is 5.75 Å². The molecule has 0 saturated carbocycles. The van der Waals surface area contributed by atoms with E-state index in [-0.39, 0.29) is 23.6 Å². The molecule has 0 radical (unpaired) electrons. The number of fused-ring (bicyclic) bond motifs is 1. The number of para-hydroxylation sites is 1. The zero-order chi connectivity index (χ0) is 31.3. The van der Waals surface area contributed by atoms with E-state index < -0.39 is 29.2 Å². The zero-order valence-corrected chi connectivity index (χ0v) is 24.4. The molecule has 222 valence electrons. The number of anilines is 2. The topological polar surface area (TPSA) is 111 Å². The minimum atomic E-state index is -0.935. The van der Waals surface area contributed by atoms with Gasteiger partial charge in [-0.15, -0.1) is 5.06 Å². The third-order valence-electron chi connectivity index (χ3n) is 6.53. The summed E-state index contributed by atoms with van der Waals surface area (Å²) in [4.78, 5) is 58.5. The molecule has 0 saturated heterocycles. The van der Waals surface area contributed by atoms with Crippen LogP contribution in [0, 0.1) is 5.41 Å². The second-order valence-electron chi connectivity index (χ2n) is 10.9. The van der Waals surface area contributed by atoms with E-state index in [0.29, 0.717) is 28.1 Å². The van der Waals surface area contributed by atoms with Gasteiger partial charge in [-0.25, -0.2) is 9.59 Å². The lowest BCUT2D eigenvalue weighted by Crippen LogP contribution is -2.35. The van der Waals surface area contributed by atoms with Crippen molar-refractivity contribution in [3.8, 4) is 5.75 Å². The van der Waals surface area contributed by atoms with E-state index in [2.05, 4.69) is 5.32 Å². The average molecular weight is 591 g/mol. The molecule has 2 amide bonds. The molecule has 1 N–H and O–H groups in total. The van der Waals surface area contributed by atoms with Gasteiger partial charge in [-0.05, 0) is 63.2 Å². The van der Waals surface area contributed by atoms with Gasteiger partial charge in [0.05, 0.1) is 22.2 Å². The number of rotatable bonds is 8. The predicted molar refractivity (Wildman–Crippen MR) is 165 cm³/mol. The van der Waals surface area contributed by atoms with Crippen LogP contribution in [0.4, 0.5) is 11.4 Å². The van der Waals surface area contributed by atoms with Crippen LogP contribution in [0.15, 0.2) is 109 Å². The van der Waals surface area contributed by atoms with Crippen molar-refractivity contribution in [1.82, 2.24) is 0 Å². The van der Waals surface area contributed by atoms with Crippen LogP contribution in [0.25, 0.3) is 11.3 Å². The van der Waals surface area contributed by atoms with Crippen LogP contribution in [0.2, 0.25) is 0 Å². The molecule has 0 bridgehead atoms. The van der Waals surface area contributed by atoms with Gasteiger partial charge in [0.15, 0.2) is 12.4 Å². The van der Waals surface area contributed by atoms with Gasteiger partial charge in [-0.3, -0.25) is 9.59 Å². The Morgan fingerprint density at radius 3 is 1.98 bits per heavy atom. The first-order valence-electron chi connectivity index (χ1n) is 13.9. The monoisotopic (exact) mass is 590 g/mol. The number of hydroxylamine groups is 1. The number of nitrogens with one attached hydrogen (secondary N) is 1.